The first-order valence-electron chi connectivity index (χ1n) is 6.93. The zero-order valence-corrected chi connectivity index (χ0v) is 11.8. The molecule has 3 rings (SSSR count). The molecule has 0 aliphatic rings. The number of furan rings is 1. The fraction of sp³-hybridized carbons (Fsp3) is 0.312. The fourth-order valence-electron chi connectivity index (χ4n) is 2.21. The van der Waals surface area contributed by atoms with Crippen molar-refractivity contribution in [1.29, 1.82) is 0 Å². The molecular weight excluding hydrogens is 250 g/mol. The lowest BCUT2D eigenvalue weighted by atomic mass is 10.3. The predicted molar refractivity (Wildman–Crippen MR) is 79.5 cm³/mol. The Labute approximate surface area is 118 Å². The summed E-state index contributed by atoms with van der Waals surface area (Å²) in [5.74, 6) is 1.92. The summed E-state index contributed by atoms with van der Waals surface area (Å²) in [7, 11) is 0. The molecule has 2 aromatic heterocycles. The zero-order valence-electron chi connectivity index (χ0n) is 11.8. The summed E-state index contributed by atoms with van der Waals surface area (Å²) in [4.78, 5) is 4.39. The largest absolute Gasteiger partial charge is 0.463 e. The first-order valence-corrected chi connectivity index (χ1v) is 6.93. The average molecular weight is 269 g/mol. The third-order valence-electron chi connectivity index (χ3n) is 3.26. The van der Waals surface area contributed by atoms with Gasteiger partial charge in [0.1, 0.15) is 11.5 Å². The standard InChI is InChI=1S/C16H19N3O/c1-12(2)17-9-13-7-8-14(20-13)10-19-11-18-15-5-3-4-6-16(15)19/h3-8,11-12,17H,9-10H2,1-2H3. The Morgan fingerprint density at radius 2 is 1.95 bits per heavy atom. The number of aromatic nitrogens is 2. The minimum Gasteiger partial charge on any atom is -0.463 e. The molecule has 3 aromatic rings. The number of para-hydroxylation sites is 2. The van der Waals surface area contributed by atoms with Crippen LogP contribution in [0, 0.1) is 0 Å². The molecule has 0 atom stereocenters. The molecule has 1 N–H and O–H groups in total. The molecule has 4 nitrogen and oxygen atoms in total. The van der Waals surface area contributed by atoms with Crippen LogP contribution in [0.3, 0.4) is 0 Å². The Morgan fingerprint density at radius 1 is 1.15 bits per heavy atom. The summed E-state index contributed by atoms with van der Waals surface area (Å²) in [6.45, 7) is 5.73. The Bertz CT molecular complexity index is 696. The maximum atomic E-state index is 5.85. The molecule has 0 aliphatic carbocycles. The molecule has 0 amide bonds. The highest BCUT2D eigenvalue weighted by atomic mass is 16.3. The number of fused-ring (bicyclic) bond motifs is 1. The fourth-order valence-corrected chi connectivity index (χ4v) is 2.21. The van der Waals surface area contributed by atoms with Crippen molar-refractivity contribution in [2.45, 2.75) is 33.0 Å². The van der Waals surface area contributed by atoms with Crippen LogP contribution in [0.25, 0.3) is 11.0 Å². The smallest absolute Gasteiger partial charge is 0.124 e. The highest BCUT2D eigenvalue weighted by Gasteiger charge is 2.06. The van der Waals surface area contributed by atoms with Crippen molar-refractivity contribution in [3.05, 3.63) is 54.2 Å². The van der Waals surface area contributed by atoms with E-state index in [1.165, 1.54) is 0 Å². The molecule has 0 fully saturated rings. The Hall–Kier alpha value is -2.07. The molecule has 0 radical (unpaired) electrons. The second kappa shape index (κ2) is 5.51. The van der Waals surface area contributed by atoms with Gasteiger partial charge in [0.15, 0.2) is 0 Å². The Kier molecular flexibility index (Phi) is 3.56. The molecule has 0 unspecified atom stereocenters. The van der Waals surface area contributed by atoms with Gasteiger partial charge < -0.3 is 14.3 Å². The number of rotatable bonds is 5. The highest BCUT2D eigenvalue weighted by Crippen LogP contribution is 2.15. The van der Waals surface area contributed by atoms with Crippen molar-refractivity contribution < 1.29 is 4.42 Å². The van der Waals surface area contributed by atoms with Gasteiger partial charge in [0.2, 0.25) is 0 Å². The van der Waals surface area contributed by atoms with E-state index >= 15 is 0 Å². The second-order valence-electron chi connectivity index (χ2n) is 5.26. The number of nitrogens with one attached hydrogen (secondary N) is 1. The van der Waals surface area contributed by atoms with Gasteiger partial charge in [-0.2, -0.15) is 0 Å². The van der Waals surface area contributed by atoms with E-state index in [0.717, 1.165) is 29.1 Å². The van der Waals surface area contributed by atoms with Crippen molar-refractivity contribution in [3.8, 4) is 0 Å². The summed E-state index contributed by atoms with van der Waals surface area (Å²) >= 11 is 0. The van der Waals surface area contributed by atoms with E-state index in [-0.39, 0.29) is 0 Å². The molecular formula is C16H19N3O. The molecule has 0 saturated heterocycles. The SMILES string of the molecule is CC(C)NCc1ccc(Cn2cnc3ccccc32)o1. The van der Waals surface area contributed by atoms with Gasteiger partial charge in [0.05, 0.1) is 30.5 Å². The molecule has 20 heavy (non-hydrogen) atoms. The van der Waals surface area contributed by atoms with E-state index in [2.05, 4.69) is 34.8 Å². The van der Waals surface area contributed by atoms with E-state index in [0.29, 0.717) is 12.6 Å². The van der Waals surface area contributed by atoms with Crippen LogP contribution in [0.5, 0.6) is 0 Å². The molecule has 0 spiro atoms. The lowest BCUT2D eigenvalue weighted by molar-refractivity contribution is 0.429. The summed E-state index contributed by atoms with van der Waals surface area (Å²) < 4.78 is 7.95. The number of hydrogen-bond acceptors (Lipinski definition) is 3. The van der Waals surface area contributed by atoms with E-state index in [9.17, 15) is 0 Å². The van der Waals surface area contributed by atoms with Crippen LogP contribution < -0.4 is 5.32 Å². The summed E-state index contributed by atoms with van der Waals surface area (Å²) in [5, 5.41) is 3.35. The molecule has 0 saturated carbocycles. The van der Waals surface area contributed by atoms with Gasteiger partial charge in [-0.3, -0.25) is 0 Å². The van der Waals surface area contributed by atoms with Crippen molar-refractivity contribution in [1.82, 2.24) is 14.9 Å². The second-order valence-corrected chi connectivity index (χ2v) is 5.26. The van der Waals surface area contributed by atoms with Gasteiger partial charge in [-0.05, 0) is 24.3 Å². The molecule has 2 heterocycles. The summed E-state index contributed by atoms with van der Waals surface area (Å²) in [6, 6.07) is 12.7. The van der Waals surface area contributed by atoms with Gasteiger partial charge in [0, 0.05) is 6.04 Å². The topological polar surface area (TPSA) is 43.0 Å². The van der Waals surface area contributed by atoms with Gasteiger partial charge in [-0.25, -0.2) is 4.98 Å². The van der Waals surface area contributed by atoms with Crippen LogP contribution in [0.1, 0.15) is 25.4 Å². The van der Waals surface area contributed by atoms with E-state index in [1.54, 1.807) is 0 Å². The number of benzene rings is 1. The monoisotopic (exact) mass is 269 g/mol. The maximum absolute atomic E-state index is 5.85. The third-order valence-corrected chi connectivity index (χ3v) is 3.26. The van der Waals surface area contributed by atoms with Crippen molar-refractivity contribution in [2.75, 3.05) is 0 Å². The van der Waals surface area contributed by atoms with Crippen LogP contribution in [0.2, 0.25) is 0 Å². The molecule has 0 aliphatic heterocycles. The molecule has 4 heteroatoms. The highest BCUT2D eigenvalue weighted by molar-refractivity contribution is 5.74. The first-order chi connectivity index (χ1) is 9.72. The Morgan fingerprint density at radius 3 is 2.80 bits per heavy atom. The van der Waals surface area contributed by atoms with E-state index in [1.807, 2.05) is 36.7 Å². The normalized spacial score (nSPS) is 11.6. The quantitative estimate of drug-likeness (QED) is 0.773. The molecule has 104 valence electrons. The van der Waals surface area contributed by atoms with Crippen LogP contribution in [0.4, 0.5) is 0 Å². The van der Waals surface area contributed by atoms with Gasteiger partial charge in [-0.15, -0.1) is 0 Å². The average Bonchev–Trinajstić information content (AvgIpc) is 3.05. The van der Waals surface area contributed by atoms with Gasteiger partial charge in [-0.1, -0.05) is 26.0 Å². The lowest BCUT2D eigenvalue weighted by Gasteiger charge is -2.05. The third kappa shape index (κ3) is 2.75. The summed E-state index contributed by atoms with van der Waals surface area (Å²) in [5.41, 5.74) is 2.14. The summed E-state index contributed by atoms with van der Waals surface area (Å²) in [6.07, 6.45) is 1.86. The van der Waals surface area contributed by atoms with Crippen molar-refractivity contribution >= 4 is 11.0 Å². The van der Waals surface area contributed by atoms with Crippen LogP contribution in [-0.2, 0) is 13.1 Å². The number of hydrogen-bond donors (Lipinski definition) is 1. The van der Waals surface area contributed by atoms with Crippen LogP contribution in [-0.4, -0.2) is 15.6 Å². The number of imidazole rings is 1. The lowest BCUT2D eigenvalue weighted by Crippen LogP contribution is -2.21. The van der Waals surface area contributed by atoms with E-state index < -0.39 is 0 Å². The first kappa shape index (κ1) is 12.9. The van der Waals surface area contributed by atoms with Crippen LogP contribution in [0.15, 0.2) is 47.1 Å². The minimum atomic E-state index is 0.459. The van der Waals surface area contributed by atoms with Gasteiger partial charge in [0.25, 0.3) is 0 Å². The van der Waals surface area contributed by atoms with Gasteiger partial charge >= 0.3 is 0 Å². The van der Waals surface area contributed by atoms with E-state index in [4.69, 9.17) is 4.42 Å². The number of nitrogens with zero attached hydrogens (tertiary/aromatic N) is 2. The Balaban J connectivity index is 1.74. The predicted octanol–water partition coefficient (Wildman–Crippen LogP) is 3.18. The molecule has 0 bridgehead atoms. The minimum absolute atomic E-state index is 0.459. The maximum Gasteiger partial charge on any atom is 0.124 e. The van der Waals surface area contributed by atoms with Crippen molar-refractivity contribution in [2.24, 2.45) is 0 Å². The van der Waals surface area contributed by atoms with Crippen molar-refractivity contribution in [3.63, 3.8) is 0 Å². The van der Waals surface area contributed by atoms with Crippen LogP contribution >= 0.6 is 0 Å². The molecule has 1 aromatic carbocycles. The zero-order chi connectivity index (χ0) is 13.9.